The predicted molar refractivity (Wildman–Crippen MR) is 191 cm³/mol. The Labute approximate surface area is 291 Å². The fourth-order valence-corrected chi connectivity index (χ4v) is 7.31. The maximum Gasteiger partial charge on any atom is 0.411 e. The number of imide groups is 1. The van der Waals surface area contributed by atoms with Crippen molar-refractivity contribution in [3.8, 4) is 11.1 Å². The Hall–Kier alpha value is -6.56. The van der Waals surface area contributed by atoms with Crippen LogP contribution in [0, 0.1) is 6.92 Å². The van der Waals surface area contributed by atoms with Gasteiger partial charge in [0, 0.05) is 23.9 Å². The van der Waals surface area contributed by atoms with Crippen molar-refractivity contribution in [3.63, 3.8) is 0 Å². The smallest absolute Gasteiger partial charge is 0.411 e. The summed E-state index contributed by atoms with van der Waals surface area (Å²) in [6, 6.07) is 27.6. The number of carbonyl (C=O) groups excluding carboxylic acids is 4. The molecule has 3 N–H and O–H groups in total. The largest absolute Gasteiger partial charge is 0.448 e. The number of benzene rings is 4. The molecule has 0 saturated carbocycles. The SMILES string of the molecule is Cc1nc2cccc(NC(=O)Cn3ccc4c(NC(=O)OCC5c6ccccc6-c6ccccc65)cccc43)c2c(=O)n1C1CCC(=O)NC1=O. The molecule has 4 aromatic carbocycles. The third kappa shape index (κ3) is 5.70. The van der Waals surface area contributed by atoms with E-state index in [2.05, 4.69) is 45.2 Å². The molecule has 1 aliphatic carbocycles. The van der Waals surface area contributed by atoms with E-state index in [0.717, 1.165) is 27.6 Å². The average molecular weight is 681 g/mol. The fourth-order valence-electron chi connectivity index (χ4n) is 7.31. The molecule has 1 saturated heterocycles. The summed E-state index contributed by atoms with van der Waals surface area (Å²) < 4.78 is 8.77. The summed E-state index contributed by atoms with van der Waals surface area (Å²) in [5, 5.41) is 8.88. The van der Waals surface area contributed by atoms with Crippen molar-refractivity contribution in [3.05, 3.63) is 124 Å². The molecular formula is C39H32N6O6. The molecule has 8 rings (SSSR count). The number of amides is 4. The van der Waals surface area contributed by atoms with E-state index in [1.165, 1.54) is 4.57 Å². The van der Waals surface area contributed by atoms with Crippen LogP contribution in [0.2, 0.25) is 0 Å². The van der Waals surface area contributed by atoms with Crippen molar-refractivity contribution in [2.75, 3.05) is 17.2 Å². The Balaban J connectivity index is 0.981. The molecule has 12 nitrogen and oxygen atoms in total. The lowest BCUT2D eigenvalue weighted by atomic mass is 9.98. The van der Waals surface area contributed by atoms with Crippen LogP contribution in [0.5, 0.6) is 0 Å². The zero-order chi connectivity index (χ0) is 35.2. The second-order valence-electron chi connectivity index (χ2n) is 12.7. The fraction of sp³-hybridized carbons (Fsp3) is 0.179. The monoisotopic (exact) mass is 680 g/mol. The minimum absolute atomic E-state index is 0.0691. The number of aryl methyl sites for hydroxylation is 1. The second-order valence-corrected chi connectivity index (χ2v) is 12.7. The first-order chi connectivity index (χ1) is 24.8. The van der Waals surface area contributed by atoms with Crippen LogP contribution >= 0.6 is 0 Å². The van der Waals surface area contributed by atoms with Crippen LogP contribution in [-0.2, 0) is 25.7 Å². The lowest BCUT2D eigenvalue weighted by Crippen LogP contribution is -2.45. The number of nitrogens with one attached hydrogen (secondary N) is 3. The normalized spacial score (nSPS) is 15.4. The van der Waals surface area contributed by atoms with Gasteiger partial charge >= 0.3 is 6.09 Å². The highest BCUT2D eigenvalue weighted by molar-refractivity contribution is 6.03. The highest BCUT2D eigenvalue weighted by atomic mass is 16.5. The molecule has 1 aliphatic heterocycles. The molecule has 0 bridgehead atoms. The van der Waals surface area contributed by atoms with E-state index in [0.29, 0.717) is 22.5 Å². The number of hydrogen-bond acceptors (Lipinski definition) is 7. The van der Waals surface area contributed by atoms with Crippen molar-refractivity contribution < 1.29 is 23.9 Å². The molecule has 6 aromatic rings. The molecule has 2 aromatic heterocycles. The van der Waals surface area contributed by atoms with Gasteiger partial charge in [-0.1, -0.05) is 60.7 Å². The summed E-state index contributed by atoms with van der Waals surface area (Å²) in [6.07, 6.45) is 1.44. The number of piperidine rings is 1. The van der Waals surface area contributed by atoms with E-state index in [4.69, 9.17) is 4.74 Å². The third-order valence-electron chi connectivity index (χ3n) is 9.61. The van der Waals surface area contributed by atoms with Crippen LogP contribution in [-0.4, -0.2) is 44.5 Å². The lowest BCUT2D eigenvalue weighted by molar-refractivity contribution is -0.135. The minimum atomic E-state index is -0.890. The van der Waals surface area contributed by atoms with Crippen molar-refractivity contribution >= 4 is 57.0 Å². The number of fused-ring (bicyclic) bond motifs is 5. The minimum Gasteiger partial charge on any atom is -0.448 e. The van der Waals surface area contributed by atoms with Gasteiger partial charge in [-0.05, 0) is 65.9 Å². The molecule has 254 valence electrons. The van der Waals surface area contributed by atoms with Crippen molar-refractivity contribution in [2.45, 2.75) is 38.3 Å². The predicted octanol–water partition coefficient (Wildman–Crippen LogP) is 5.64. The van der Waals surface area contributed by atoms with E-state index in [1.807, 2.05) is 36.4 Å². The second kappa shape index (κ2) is 12.7. The first-order valence-electron chi connectivity index (χ1n) is 16.6. The van der Waals surface area contributed by atoms with Crippen LogP contribution in [0.3, 0.4) is 0 Å². The van der Waals surface area contributed by atoms with Crippen LogP contribution in [0.4, 0.5) is 16.2 Å². The van der Waals surface area contributed by atoms with Gasteiger partial charge in [0.25, 0.3) is 5.56 Å². The Kier molecular flexibility index (Phi) is 7.90. The van der Waals surface area contributed by atoms with Gasteiger partial charge in [-0.3, -0.25) is 34.4 Å². The summed E-state index contributed by atoms with van der Waals surface area (Å²) in [6.45, 7) is 1.72. The zero-order valence-corrected chi connectivity index (χ0v) is 27.5. The number of aromatic nitrogens is 3. The standard InChI is InChI=1S/C39H32N6O6/c1-22-40-30-13-6-14-31(36(30)38(49)45(22)33-16-17-34(46)43-37(33)48)41-35(47)20-44-19-18-27-29(12-7-15-32(27)44)42-39(50)51-21-28-25-10-4-2-8-23(25)24-9-3-5-11-26(24)28/h2-15,18-19,28,33H,16-17,20-21H2,1H3,(H,41,47)(H,42,50)(H,43,46,48). The molecule has 1 unspecified atom stereocenters. The first-order valence-corrected chi connectivity index (χ1v) is 16.6. The van der Waals surface area contributed by atoms with Gasteiger partial charge in [-0.2, -0.15) is 0 Å². The quantitative estimate of drug-likeness (QED) is 0.185. The Morgan fingerprint density at radius 2 is 1.57 bits per heavy atom. The van der Waals surface area contributed by atoms with Gasteiger partial charge in [0.05, 0.1) is 27.8 Å². The summed E-state index contributed by atoms with van der Waals surface area (Å²) in [5.41, 5.74) is 5.92. The topological polar surface area (TPSA) is 153 Å². The van der Waals surface area contributed by atoms with Gasteiger partial charge in [0.15, 0.2) is 0 Å². The van der Waals surface area contributed by atoms with Crippen molar-refractivity contribution in [2.24, 2.45) is 0 Å². The molecule has 51 heavy (non-hydrogen) atoms. The summed E-state index contributed by atoms with van der Waals surface area (Å²) in [4.78, 5) is 69.1. The summed E-state index contributed by atoms with van der Waals surface area (Å²) in [5.74, 6) is -1.10. The van der Waals surface area contributed by atoms with Crippen molar-refractivity contribution in [1.29, 1.82) is 0 Å². The molecule has 0 spiro atoms. The Morgan fingerprint density at radius 1 is 0.863 bits per heavy atom. The van der Waals surface area contributed by atoms with Gasteiger partial charge in [0.1, 0.15) is 25.0 Å². The van der Waals surface area contributed by atoms with E-state index in [1.54, 1.807) is 48.0 Å². The van der Waals surface area contributed by atoms with Crippen LogP contribution in [0.1, 0.15) is 41.8 Å². The van der Waals surface area contributed by atoms with Crippen LogP contribution in [0.25, 0.3) is 32.9 Å². The number of rotatable bonds is 7. The molecule has 1 fully saturated rings. The molecule has 2 aliphatic rings. The molecule has 1 atom stereocenters. The Bertz CT molecular complexity index is 2440. The van der Waals surface area contributed by atoms with Crippen molar-refractivity contribution in [1.82, 2.24) is 19.4 Å². The molecular weight excluding hydrogens is 648 g/mol. The zero-order valence-electron chi connectivity index (χ0n) is 27.5. The highest BCUT2D eigenvalue weighted by Crippen LogP contribution is 2.44. The van der Waals surface area contributed by atoms with Gasteiger partial charge in [0.2, 0.25) is 17.7 Å². The number of nitrogens with zero attached hydrogens (tertiary/aromatic N) is 3. The number of carbonyl (C=O) groups is 4. The summed E-state index contributed by atoms with van der Waals surface area (Å²) >= 11 is 0. The Morgan fingerprint density at radius 3 is 2.31 bits per heavy atom. The lowest BCUT2D eigenvalue weighted by Gasteiger charge is -2.24. The first kappa shape index (κ1) is 31.7. The highest BCUT2D eigenvalue weighted by Gasteiger charge is 2.31. The molecule has 0 radical (unpaired) electrons. The maximum atomic E-state index is 13.8. The number of hydrogen-bond donors (Lipinski definition) is 3. The number of anilines is 2. The average Bonchev–Trinajstić information content (AvgIpc) is 3.67. The van der Waals surface area contributed by atoms with Crippen LogP contribution in [0.15, 0.2) is 102 Å². The van der Waals surface area contributed by atoms with E-state index < -0.39 is 29.5 Å². The van der Waals surface area contributed by atoms with Gasteiger partial charge in [-0.15, -0.1) is 0 Å². The summed E-state index contributed by atoms with van der Waals surface area (Å²) in [7, 11) is 0. The third-order valence-corrected chi connectivity index (χ3v) is 9.61. The maximum absolute atomic E-state index is 13.8. The molecule has 12 heteroatoms. The molecule has 4 amide bonds. The van der Waals surface area contributed by atoms with E-state index in [9.17, 15) is 24.0 Å². The van der Waals surface area contributed by atoms with E-state index >= 15 is 0 Å². The van der Waals surface area contributed by atoms with Gasteiger partial charge in [-0.25, -0.2) is 9.78 Å². The van der Waals surface area contributed by atoms with Crippen LogP contribution < -0.4 is 21.5 Å². The number of ether oxygens (including phenoxy) is 1. The van der Waals surface area contributed by atoms with E-state index in [-0.39, 0.29) is 48.9 Å². The molecule has 3 heterocycles. The van der Waals surface area contributed by atoms with Gasteiger partial charge < -0.3 is 14.6 Å².